The fourth-order valence-corrected chi connectivity index (χ4v) is 2.37. The third kappa shape index (κ3) is 1.68. The van der Waals surface area contributed by atoms with Crippen LogP contribution in [0, 0.1) is 0 Å². The average Bonchev–Trinajstić information content (AvgIpc) is 3.01. The molecule has 0 fully saturated rings. The van der Waals surface area contributed by atoms with Gasteiger partial charge in [0.1, 0.15) is 5.76 Å². The van der Waals surface area contributed by atoms with Crippen LogP contribution in [0.1, 0.15) is 0 Å². The smallest absolute Gasteiger partial charge is 0.134 e. The second-order valence-electron chi connectivity index (χ2n) is 3.54. The van der Waals surface area contributed by atoms with Gasteiger partial charge in [0.25, 0.3) is 0 Å². The van der Waals surface area contributed by atoms with E-state index in [2.05, 4.69) is 35.7 Å². The van der Waals surface area contributed by atoms with E-state index in [0.717, 1.165) is 16.9 Å². The van der Waals surface area contributed by atoms with Crippen LogP contribution in [0.3, 0.4) is 0 Å². The second kappa shape index (κ2) is 3.99. The molecule has 0 aliphatic heterocycles. The zero-order valence-electron chi connectivity index (χ0n) is 8.59. The zero-order valence-corrected chi connectivity index (χ0v) is 9.41. The molecule has 1 aromatic carbocycles. The van der Waals surface area contributed by atoms with Crippen molar-refractivity contribution in [2.24, 2.45) is 0 Å². The minimum absolute atomic E-state index is 0.920. The number of furan rings is 1. The largest absolute Gasteiger partial charge is 0.464 e. The van der Waals surface area contributed by atoms with Crippen LogP contribution in [0.25, 0.3) is 21.8 Å². The fourth-order valence-electron chi connectivity index (χ4n) is 1.66. The summed E-state index contributed by atoms with van der Waals surface area (Å²) in [6.45, 7) is 0. The van der Waals surface area contributed by atoms with Crippen molar-refractivity contribution in [3.63, 3.8) is 0 Å². The summed E-state index contributed by atoms with van der Waals surface area (Å²) in [7, 11) is 0. The Kier molecular flexibility index (Phi) is 2.35. The molecule has 0 saturated carbocycles. The molecule has 3 aromatic rings. The summed E-state index contributed by atoms with van der Waals surface area (Å²) < 4.78 is 5.58. The fraction of sp³-hybridized carbons (Fsp3) is 0. The molecule has 0 radical (unpaired) electrons. The summed E-state index contributed by atoms with van der Waals surface area (Å²) >= 11 is 1.72. The molecule has 1 nitrogen and oxygen atoms in total. The summed E-state index contributed by atoms with van der Waals surface area (Å²) in [4.78, 5) is 1.24. The molecule has 0 unspecified atom stereocenters. The van der Waals surface area contributed by atoms with Gasteiger partial charge in [-0.3, -0.25) is 0 Å². The van der Waals surface area contributed by atoms with Crippen LogP contribution in [0.5, 0.6) is 0 Å². The first-order valence-electron chi connectivity index (χ1n) is 5.11. The van der Waals surface area contributed by atoms with E-state index in [4.69, 9.17) is 4.42 Å². The highest BCUT2D eigenvalue weighted by atomic mass is 32.1. The van der Waals surface area contributed by atoms with E-state index in [1.807, 2.05) is 24.5 Å². The standard InChI is InChI=1S/C14H10OS/c1-2-5-11(6-3-1)13-9-12(10-15-13)14-7-4-8-16-14/h1-10H. The molecule has 3 rings (SSSR count). The van der Waals surface area contributed by atoms with Crippen molar-refractivity contribution in [3.8, 4) is 21.8 Å². The van der Waals surface area contributed by atoms with Crippen LogP contribution in [0.4, 0.5) is 0 Å². The summed E-state index contributed by atoms with van der Waals surface area (Å²) in [5.41, 5.74) is 2.26. The Balaban J connectivity index is 2.00. The highest BCUT2D eigenvalue weighted by Crippen LogP contribution is 2.30. The molecule has 16 heavy (non-hydrogen) atoms. The Morgan fingerprint density at radius 1 is 0.875 bits per heavy atom. The first-order valence-corrected chi connectivity index (χ1v) is 5.99. The van der Waals surface area contributed by atoms with Gasteiger partial charge in [0, 0.05) is 16.0 Å². The molecule has 0 atom stereocenters. The van der Waals surface area contributed by atoms with Crippen LogP contribution in [-0.4, -0.2) is 0 Å². The minimum atomic E-state index is 0.920. The maximum Gasteiger partial charge on any atom is 0.134 e. The SMILES string of the molecule is c1ccc(-c2cc(-c3cccs3)co2)cc1. The lowest BCUT2D eigenvalue weighted by Crippen LogP contribution is -1.70. The summed E-state index contributed by atoms with van der Waals surface area (Å²) in [6.07, 6.45) is 1.81. The van der Waals surface area contributed by atoms with Gasteiger partial charge >= 0.3 is 0 Å². The molecule has 0 aliphatic rings. The highest BCUT2D eigenvalue weighted by Gasteiger charge is 2.06. The van der Waals surface area contributed by atoms with E-state index in [-0.39, 0.29) is 0 Å². The third-order valence-electron chi connectivity index (χ3n) is 2.46. The number of benzene rings is 1. The molecule has 0 saturated heterocycles. The van der Waals surface area contributed by atoms with Crippen LogP contribution >= 0.6 is 11.3 Å². The predicted molar refractivity (Wildman–Crippen MR) is 67.5 cm³/mol. The normalized spacial score (nSPS) is 10.5. The van der Waals surface area contributed by atoms with Gasteiger partial charge in [-0.2, -0.15) is 0 Å². The van der Waals surface area contributed by atoms with Crippen molar-refractivity contribution in [1.82, 2.24) is 0 Å². The zero-order chi connectivity index (χ0) is 10.8. The Morgan fingerprint density at radius 3 is 2.50 bits per heavy atom. The molecule has 2 heteroatoms. The number of hydrogen-bond acceptors (Lipinski definition) is 2. The first kappa shape index (κ1) is 9.43. The number of hydrogen-bond donors (Lipinski definition) is 0. The van der Waals surface area contributed by atoms with E-state index in [9.17, 15) is 0 Å². The summed E-state index contributed by atoms with van der Waals surface area (Å²) in [5.74, 6) is 0.920. The maximum absolute atomic E-state index is 5.58. The minimum Gasteiger partial charge on any atom is -0.464 e. The van der Waals surface area contributed by atoms with Crippen LogP contribution in [0.2, 0.25) is 0 Å². The van der Waals surface area contributed by atoms with E-state index in [1.54, 1.807) is 11.3 Å². The van der Waals surface area contributed by atoms with Crippen molar-refractivity contribution >= 4 is 11.3 Å². The molecular formula is C14H10OS. The number of rotatable bonds is 2. The van der Waals surface area contributed by atoms with Gasteiger partial charge in [-0.05, 0) is 17.5 Å². The maximum atomic E-state index is 5.58. The Hall–Kier alpha value is -1.80. The van der Waals surface area contributed by atoms with Gasteiger partial charge in [-0.25, -0.2) is 0 Å². The van der Waals surface area contributed by atoms with Crippen molar-refractivity contribution < 1.29 is 4.42 Å². The Morgan fingerprint density at radius 2 is 1.75 bits per heavy atom. The van der Waals surface area contributed by atoms with Crippen molar-refractivity contribution in [3.05, 3.63) is 60.2 Å². The van der Waals surface area contributed by atoms with Crippen molar-refractivity contribution in [2.45, 2.75) is 0 Å². The first-order chi connectivity index (χ1) is 7.93. The quantitative estimate of drug-likeness (QED) is 0.618. The molecule has 0 aliphatic carbocycles. The molecule has 0 amide bonds. The summed E-state index contributed by atoms with van der Waals surface area (Å²) in [5, 5.41) is 2.07. The monoisotopic (exact) mass is 226 g/mol. The third-order valence-corrected chi connectivity index (χ3v) is 3.38. The van der Waals surface area contributed by atoms with E-state index in [0.29, 0.717) is 0 Å². The lowest BCUT2D eigenvalue weighted by Gasteiger charge is -1.93. The molecule has 2 aromatic heterocycles. The molecule has 0 bridgehead atoms. The van der Waals surface area contributed by atoms with E-state index < -0.39 is 0 Å². The average molecular weight is 226 g/mol. The lowest BCUT2D eigenvalue weighted by molar-refractivity contribution is 0.583. The molecule has 0 spiro atoms. The molecule has 0 N–H and O–H groups in total. The van der Waals surface area contributed by atoms with Gasteiger partial charge < -0.3 is 4.42 Å². The molecular weight excluding hydrogens is 216 g/mol. The van der Waals surface area contributed by atoms with Gasteiger partial charge in [-0.1, -0.05) is 36.4 Å². The molecule has 78 valence electrons. The highest BCUT2D eigenvalue weighted by molar-refractivity contribution is 7.13. The van der Waals surface area contributed by atoms with Crippen LogP contribution in [-0.2, 0) is 0 Å². The Labute approximate surface area is 98.0 Å². The Bertz CT molecular complexity index is 564. The number of thiophene rings is 1. The van der Waals surface area contributed by atoms with Crippen molar-refractivity contribution in [1.29, 1.82) is 0 Å². The van der Waals surface area contributed by atoms with Gasteiger partial charge in [0.2, 0.25) is 0 Å². The van der Waals surface area contributed by atoms with Crippen LogP contribution < -0.4 is 0 Å². The van der Waals surface area contributed by atoms with Gasteiger partial charge in [-0.15, -0.1) is 11.3 Å². The molecule has 2 heterocycles. The van der Waals surface area contributed by atoms with Crippen molar-refractivity contribution in [2.75, 3.05) is 0 Å². The van der Waals surface area contributed by atoms with Gasteiger partial charge in [0.15, 0.2) is 0 Å². The van der Waals surface area contributed by atoms with Gasteiger partial charge in [0.05, 0.1) is 6.26 Å². The topological polar surface area (TPSA) is 13.1 Å². The lowest BCUT2D eigenvalue weighted by atomic mass is 10.1. The van der Waals surface area contributed by atoms with Crippen LogP contribution in [0.15, 0.2) is 64.6 Å². The van der Waals surface area contributed by atoms with E-state index >= 15 is 0 Å². The van der Waals surface area contributed by atoms with E-state index in [1.165, 1.54) is 4.88 Å². The predicted octanol–water partition coefficient (Wildman–Crippen LogP) is 4.68. The second-order valence-corrected chi connectivity index (χ2v) is 4.49. The summed E-state index contributed by atoms with van der Waals surface area (Å²) in [6, 6.07) is 16.4.